The molecule has 1 saturated heterocycles. The standard InChI is InChI=1S/C14H28N2O2/c1-10(2)16(11(3)4)14(17)12(5)15-9-13-7-6-8-18-13/h10-13,15H,6-9H2,1-5H3/p+1/t12-,13+/m1/s1. The van der Waals surface area contributed by atoms with Gasteiger partial charge in [-0.3, -0.25) is 4.79 Å². The van der Waals surface area contributed by atoms with Crippen LogP contribution in [0.25, 0.3) is 0 Å². The molecule has 0 aromatic carbocycles. The Kier molecular flexibility index (Phi) is 6.09. The topological polar surface area (TPSA) is 46.2 Å². The molecule has 4 heteroatoms. The second kappa shape index (κ2) is 7.10. The molecule has 0 unspecified atom stereocenters. The van der Waals surface area contributed by atoms with Gasteiger partial charge >= 0.3 is 0 Å². The third-order valence-corrected chi connectivity index (χ3v) is 3.53. The summed E-state index contributed by atoms with van der Waals surface area (Å²) in [5.41, 5.74) is 0. The lowest BCUT2D eigenvalue weighted by Gasteiger charge is -2.32. The van der Waals surface area contributed by atoms with Crippen LogP contribution in [0.3, 0.4) is 0 Å². The van der Waals surface area contributed by atoms with E-state index in [9.17, 15) is 4.79 Å². The highest BCUT2D eigenvalue weighted by molar-refractivity contribution is 5.80. The Morgan fingerprint density at radius 1 is 1.28 bits per heavy atom. The molecule has 1 heterocycles. The molecular formula is C14H29N2O2+. The van der Waals surface area contributed by atoms with Gasteiger partial charge in [0.1, 0.15) is 12.6 Å². The fourth-order valence-corrected chi connectivity index (χ4v) is 2.63. The summed E-state index contributed by atoms with van der Waals surface area (Å²) in [4.78, 5) is 14.4. The molecule has 106 valence electrons. The predicted octanol–water partition coefficient (Wildman–Crippen LogP) is 0.763. The van der Waals surface area contributed by atoms with E-state index < -0.39 is 0 Å². The van der Waals surface area contributed by atoms with Gasteiger partial charge in [-0.15, -0.1) is 0 Å². The number of nitrogens with two attached hydrogens (primary N) is 1. The number of carbonyl (C=O) groups is 1. The van der Waals surface area contributed by atoms with E-state index in [1.165, 1.54) is 0 Å². The molecule has 0 aromatic heterocycles. The van der Waals surface area contributed by atoms with Crippen LogP contribution in [-0.4, -0.2) is 48.2 Å². The maximum absolute atomic E-state index is 12.4. The third-order valence-electron chi connectivity index (χ3n) is 3.53. The van der Waals surface area contributed by atoms with Crippen molar-refractivity contribution < 1.29 is 14.8 Å². The van der Waals surface area contributed by atoms with Crippen LogP contribution in [0.1, 0.15) is 47.5 Å². The average Bonchev–Trinajstić information content (AvgIpc) is 2.77. The Morgan fingerprint density at radius 3 is 2.33 bits per heavy atom. The van der Waals surface area contributed by atoms with E-state index in [-0.39, 0.29) is 24.0 Å². The Bertz CT molecular complexity index is 253. The largest absolute Gasteiger partial charge is 0.372 e. The van der Waals surface area contributed by atoms with Crippen molar-refractivity contribution in [3.63, 3.8) is 0 Å². The van der Waals surface area contributed by atoms with Gasteiger partial charge in [-0.25, -0.2) is 0 Å². The molecule has 0 aromatic rings. The Labute approximate surface area is 111 Å². The van der Waals surface area contributed by atoms with Crippen molar-refractivity contribution in [3.05, 3.63) is 0 Å². The molecule has 1 aliphatic rings. The highest BCUT2D eigenvalue weighted by Crippen LogP contribution is 2.10. The Morgan fingerprint density at radius 2 is 1.89 bits per heavy atom. The van der Waals surface area contributed by atoms with Gasteiger partial charge in [-0.2, -0.15) is 0 Å². The predicted molar refractivity (Wildman–Crippen MR) is 72.3 cm³/mol. The van der Waals surface area contributed by atoms with Crippen LogP contribution in [0.2, 0.25) is 0 Å². The summed E-state index contributed by atoms with van der Waals surface area (Å²) in [6.07, 6.45) is 2.63. The molecule has 18 heavy (non-hydrogen) atoms. The molecule has 2 atom stereocenters. The number of hydrogen-bond acceptors (Lipinski definition) is 2. The molecule has 1 fully saturated rings. The van der Waals surface area contributed by atoms with E-state index >= 15 is 0 Å². The van der Waals surface area contributed by atoms with Gasteiger partial charge in [0.25, 0.3) is 5.91 Å². The summed E-state index contributed by atoms with van der Waals surface area (Å²) in [5.74, 6) is 0.234. The van der Waals surface area contributed by atoms with E-state index in [1.807, 2.05) is 11.8 Å². The van der Waals surface area contributed by atoms with Crippen LogP contribution < -0.4 is 5.32 Å². The summed E-state index contributed by atoms with van der Waals surface area (Å²) in [5, 5.41) is 2.12. The lowest BCUT2D eigenvalue weighted by Crippen LogP contribution is -2.93. The van der Waals surface area contributed by atoms with Gasteiger partial charge in [0, 0.05) is 18.7 Å². The fraction of sp³-hybridized carbons (Fsp3) is 0.929. The molecule has 1 rings (SSSR count). The van der Waals surface area contributed by atoms with Crippen LogP contribution in [0.5, 0.6) is 0 Å². The second-order valence-electron chi connectivity index (χ2n) is 5.83. The van der Waals surface area contributed by atoms with Crippen molar-refractivity contribution in [2.24, 2.45) is 0 Å². The number of ether oxygens (including phenoxy) is 1. The molecule has 0 aliphatic carbocycles. The molecule has 4 nitrogen and oxygen atoms in total. The van der Waals surface area contributed by atoms with E-state index in [1.54, 1.807) is 0 Å². The first kappa shape index (κ1) is 15.4. The molecule has 1 aliphatic heterocycles. The zero-order valence-corrected chi connectivity index (χ0v) is 12.5. The number of nitrogens with zero attached hydrogens (tertiary/aromatic N) is 1. The van der Waals surface area contributed by atoms with E-state index in [0.29, 0.717) is 6.10 Å². The summed E-state index contributed by atoms with van der Waals surface area (Å²) < 4.78 is 5.58. The van der Waals surface area contributed by atoms with Gasteiger partial charge in [-0.1, -0.05) is 0 Å². The SMILES string of the molecule is CC(C)N(C(=O)[C@@H](C)[NH2+]C[C@@H]1CCCO1)C(C)C. The smallest absolute Gasteiger partial charge is 0.280 e. The van der Waals surface area contributed by atoms with E-state index in [0.717, 1.165) is 26.0 Å². The van der Waals surface area contributed by atoms with Gasteiger partial charge in [-0.05, 0) is 47.5 Å². The average molecular weight is 257 g/mol. The minimum atomic E-state index is -0.0148. The number of rotatable bonds is 6. The van der Waals surface area contributed by atoms with Crippen LogP contribution in [-0.2, 0) is 9.53 Å². The number of carbonyl (C=O) groups excluding carboxylic acids is 1. The van der Waals surface area contributed by atoms with Crippen molar-refractivity contribution >= 4 is 5.91 Å². The van der Waals surface area contributed by atoms with Gasteiger partial charge in [0.05, 0.1) is 0 Å². The monoisotopic (exact) mass is 257 g/mol. The van der Waals surface area contributed by atoms with Crippen LogP contribution >= 0.6 is 0 Å². The number of quaternary nitrogens is 1. The summed E-state index contributed by atoms with van der Waals surface area (Å²) in [7, 11) is 0. The summed E-state index contributed by atoms with van der Waals surface area (Å²) in [6.45, 7) is 12.1. The van der Waals surface area contributed by atoms with Crippen molar-refractivity contribution in [1.82, 2.24) is 4.90 Å². The van der Waals surface area contributed by atoms with Crippen LogP contribution in [0.15, 0.2) is 0 Å². The minimum absolute atomic E-state index is 0.0148. The molecule has 2 N–H and O–H groups in total. The number of amides is 1. The third kappa shape index (κ3) is 4.25. The molecule has 0 spiro atoms. The summed E-state index contributed by atoms with van der Waals surface area (Å²) >= 11 is 0. The zero-order chi connectivity index (χ0) is 13.7. The van der Waals surface area contributed by atoms with Crippen molar-refractivity contribution in [2.45, 2.75) is 71.7 Å². The van der Waals surface area contributed by atoms with Gasteiger partial charge in [0.2, 0.25) is 0 Å². The Balaban J connectivity index is 2.43. The van der Waals surface area contributed by atoms with Gasteiger partial charge in [0.15, 0.2) is 6.04 Å². The Hall–Kier alpha value is -0.610. The van der Waals surface area contributed by atoms with Crippen molar-refractivity contribution in [1.29, 1.82) is 0 Å². The van der Waals surface area contributed by atoms with E-state index in [4.69, 9.17) is 4.74 Å². The molecule has 0 saturated carbocycles. The van der Waals surface area contributed by atoms with Crippen molar-refractivity contribution in [3.8, 4) is 0 Å². The lowest BCUT2D eigenvalue weighted by atomic mass is 10.1. The molecular weight excluding hydrogens is 228 g/mol. The zero-order valence-electron chi connectivity index (χ0n) is 12.5. The van der Waals surface area contributed by atoms with Crippen LogP contribution in [0, 0.1) is 0 Å². The quantitative estimate of drug-likeness (QED) is 0.764. The maximum Gasteiger partial charge on any atom is 0.280 e. The highest BCUT2D eigenvalue weighted by atomic mass is 16.5. The molecule has 0 bridgehead atoms. The second-order valence-corrected chi connectivity index (χ2v) is 5.83. The van der Waals surface area contributed by atoms with E-state index in [2.05, 4.69) is 33.0 Å². The maximum atomic E-state index is 12.4. The first-order valence-electron chi connectivity index (χ1n) is 7.20. The van der Waals surface area contributed by atoms with Crippen LogP contribution in [0.4, 0.5) is 0 Å². The fourth-order valence-electron chi connectivity index (χ4n) is 2.63. The minimum Gasteiger partial charge on any atom is -0.372 e. The lowest BCUT2D eigenvalue weighted by molar-refractivity contribution is -0.679. The first-order valence-corrected chi connectivity index (χ1v) is 7.20. The summed E-state index contributed by atoms with van der Waals surface area (Å²) in [6, 6.07) is 0.506. The van der Waals surface area contributed by atoms with Crippen molar-refractivity contribution in [2.75, 3.05) is 13.2 Å². The number of hydrogen-bond donors (Lipinski definition) is 1. The normalized spacial score (nSPS) is 21.6. The van der Waals surface area contributed by atoms with Gasteiger partial charge < -0.3 is 15.0 Å². The highest BCUT2D eigenvalue weighted by Gasteiger charge is 2.28. The molecule has 0 radical (unpaired) electrons. The first-order chi connectivity index (χ1) is 8.43. The molecule has 1 amide bonds.